The van der Waals surface area contributed by atoms with Crippen LogP contribution in [0.15, 0.2) is 72.8 Å². The van der Waals surface area contributed by atoms with Gasteiger partial charge in [-0.05, 0) is 48.0 Å². The predicted molar refractivity (Wildman–Crippen MR) is 108 cm³/mol. The summed E-state index contributed by atoms with van der Waals surface area (Å²) in [5.74, 6) is 0.164. The third-order valence-electron chi connectivity index (χ3n) is 3.99. The first-order valence-electron chi connectivity index (χ1n) is 8.55. The highest BCUT2D eigenvalue weighted by Gasteiger charge is 2.12. The lowest BCUT2D eigenvalue weighted by molar-refractivity contribution is -0.133. The molecule has 0 bridgehead atoms. The molecule has 6 heteroatoms. The molecule has 0 atom stereocenters. The summed E-state index contributed by atoms with van der Waals surface area (Å²) in [4.78, 5) is 24.5. The van der Waals surface area contributed by atoms with E-state index in [4.69, 9.17) is 21.1 Å². The molecule has 5 nitrogen and oxygen atoms in total. The average Bonchev–Trinajstić information content (AvgIpc) is 2.71. The van der Waals surface area contributed by atoms with E-state index in [1.807, 2.05) is 6.07 Å². The van der Waals surface area contributed by atoms with E-state index in [1.54, 1.807) is 66.7 Å². The molecule has 0 aliphatic rings. The van der Waals surface area contributed by atoms with Crippen LogP contribution in [0, 0.1) is 0 Å². The summed E-state index contributed by atoms with van der Waals surface area (Å²) >= 11 is 6.06. The number of amides is 1. The van der Waals surface area contributed by atoms with Gasteiger partial charge in [-0.2, -0.15) is 0 Å². The number of hydrogen-bond donors (Lipinski definition) is 1. The van der Waals surface area contributed by atoms with Crippen molar-refractivity contribution in [3.8, 4) is 11.5 Å². The first-order chi connectivity index (χ1) is 13.6. The van der Waals surface area contributed by atoms with E-state index < -0.39 is 5.97 Å². The van der Waals surface area contributed by atoms with Crippen LogP contribution in [0.1, 0.15) is 15.9 Å². The van der Waals surface area contributed by atoms with E-state index in [9.17, 15) is 9.59 Å². The smallest absolute Gasteiger partial charge is 0.315 e. The van der Waals surface area contributed by atoms with Crippen LogP contribution >= 0.6 is 11.6 Å². The van der Waals surface area contributed by atoms with Crippen molar-refractivity contribution in [3.63, 3.8) is 0 Å². The van der Waals surface area contributed by atoms with E-state index in [1.165, 1.54) is 7.11 Å². The van der Waals surface area contributed by atoms with Crippen LogP contribution in [0.3, 0.4) is 0 Å². The second-order valence-electron chi connectivity index (χ2n) is 5.92. The van der Waals surface area contributed by atoms with Crippen molar-refractivity contribution in [2.45, 2.75) is 6.42 Å². The molecule has 3 rings (SSSR count). The van der Waals surface area contributed by atoms with Gasteiger partial charge in [-0.25, -0.2) is 0 Å². The van der Waals surface area contributed by atoms with Gasteiger partial charge in [0.1, 0.15) is 11.5 Å². The van der Waals surface area contributed by atoms with Gasteiger partial charge in [0, 0.05) is 10.7 Å². The SMILES string of the molecule is COc1ccccc1C(=O)Nc1ccc(OC(=O)Cc2ccccc2Cl)cc1. The first kappa shape index (κ1) is 19.5. The Morgan fingerprint density at radius 3 is 2.32 bits per heavy atom. The van der Waals surface area contributed by atoms with Crippen LogP contribution in [0.2, 0.25) is 5.02 Å². The number of para-hydroxylation sites is 1. The molecule has 1 amide bonds. The number of nitrogens with one attached hydrogen (secondary N) is 1. The molecule has 0 saturated carbocycles. The Bertz CT molecular complexity index is 986. The van der Waals surface area contributed by atoms with Gasteiger partial charge in [-0.1, -0.05) is 41.9 Å². The maximum Gasteiger partial charge on any atom is 0.315 e. The fourth-order valence-corrected chi connectivity index (χ4v) is 2.80. The van der Waals surface area contributed by atoms with Gasteiger partial charge in [0.25, 0.3) is 5.91 Å². The van der Waals surface area contributed by atoms with E-state index in [-0.39, 0.29) is 12.3 Å². The van der Waals surface area contributed by atoms with Crippen molar-refractivity contribution in [3.05, 3.63) is 88.9 Å². The number of halogens is 1. The van der Waals surface area contributed by atoms with Gasteiger partial charge in [0.2, 0.25) is 0 Å². The van der Waals surface area contributed by atoms with Crippen molar-refractivity contribution in [1.82, 2.24) is 0 Å². The summed E-state index contributed by atoms with van der Waals surface area (Å²) in [5.41, 5.74) is 1.71. The number of anilines is 1. The summed E-state index contributed by atoms with van der Waals surface area (Å²) < 4.78 is 10.5. The maximum absolute atomic E-state index is 12.4. The molecule has 28 heavy (non-hydrogen) atoms. The van der Waals surface area contributed by atoms with Crippen molar-refractivity contribution in [1.29, 1.82) is 0 Å². The summed E-state index contributed by atoms with van der Waals surface area (Å²) in [6.07, 6.45) is 0.0754. The van der Waals surface area contributed by atoms with Crippen molar-refractivity contribution >= 4 is 29.2 Å². The third kappa shape index (κ3) is 4.90. The van der Waals surface area contributed by atoms with E-state index in [2.05, 4.69) is 5.32 Å². The zero-order chi connectivity index (χ0) is 19.9. The van der Waals surface area contributed by atoms with E-state index in [0.29, 0.717) is 33.3 Å². The predicted octanol–water partition coefficient (Wildman–Crippen LogP) is 4.75. The summed E-state index contributed by atoms with van der Waals surface area (Å²) in [7, 11) is 1.51. The molecule has 3 aromatic rings. The molecule has 0 spiro atoms. The molecule has 0 saturated heterocycles. The Kier molecular flexibility index (Phi) is 6.29. The monoisotopic (exact) mass is 395 g/mol. The van der Waals surface area contributed by atoms with Crippen molar-refractivity contribution in [2.24, 2.45) is 0 Å². The minimum Gasteiger partial charge on any atom is -0.496 e. The quantitative estimate of drug-likeness (QED) is 0.483. The van der Waals surface area contributed by atoms with Gasteiger partial charge in [0.05, 0.1) is 19.1 Å². The number of benzene rings is 3. The lowest BCUT2D eigenvalue weighted by Gasteiger charge is -2.10. The first-order valence-corrected chi connectivity index (χ1v) is 8.93. The Morgan fingerprint density at radius 1 is 0.929 bits per heavy atom. The zero-order valence-electron chi connectivity index (χ0n) is 15.1. The van der Waals surface area contributed by atoms with Crippen molar-refractivity contribution in [2.75, 3.05) is 12.4 Å². The second kappa shape index (κ2) is 9.06. The highest BCUT2D eigenvalue weighted by Crippen LogP contribution is 2.21. The third-order valence-corrected chi connectivity index (χ3v) is 4.36. The zero-order valence-corrected chi connectivity index (χ0v) is 15.9. The molecule has 0 aliphatic carbocycles. The standard InChI is InChI=1S/C22H18ClNO4/c1-27-20-9-5-3-7-18(20)22(26)24-16-10-12-17(13-11-16)28-21(25)14-15-6-2-4-8-19(15)23/h2-13H,14H2,1H3,(H,24,26). The lowest BCUT2D eigenvalue weighted by atomic mass is 10.1. The molecule has 3 aromatic carbocycles. The highest BCUT2D eigenvalue weighted by molar-refractivity contribution is 6.31. The summed E-state index contributed by atoms with van der Waals surface area (Å²) in [6, 6.07) is 20.6. The lowest BCUT2D eigenvalue weighted by Crippen LogP contribution is -2.13. The highest BCUT2D eigenvalue weighted by atomic mass is 35.5. The van der Waals surface area contributed by atoms with Gasteiger partial charge in [-0.3, -0.25) is 9.59 Å². The Balaban J connectivity index is 1.61. The largest absolute Gasteiger partial charge is 0.496 e. The van der Waals surface area contributed by atoms with Crippen molar-refractivity contribution < 1.29 is 19.1 Å². The number of carbonyl (C=O) groups is 2. The minimum atomic E-state index is -0.418. The molecule has 0 aromatic heterocycles. The molecule has 0 radical (unpaired) electrons. The number of ether oxygens (including phenoxy) is 2. The Morgan fingerprint density at radius 2 is 1.61 bits per heavy atom. The molecular formula is C22H18ClNO4. The minimum absolute atomic E-state index is 0.0754. The van der Waals surface area contributed by atoms with Crippen LogP contribution in [-0.2, 0) is 11.2 Å². The van der Waals surface area contributed by atoms with Crippen LogP contribution in [-0.4, -0.2) is 19.0 Å². The van der Waals surface area contributed by atoms with E-state index in [0.717, 1.165) is 0 Å². The van der Waals surface area contributed by atoms with Gasteiger partial charge >= 0.3 is 5.97 Å². The Hall–Kier alpha value is -3.31. The fraction of sp³-hybridized carbons (Fsp3) is 0.0909. The molecular weight excluding hydrogens is 378 g/mol. The maximum atomic E-state index is 12.4. The van der Waals surface area contributed by atoms with Gasteiger partial charge in [-0.15, -0.1) is 0 Å². The molecule has 1 N–H and O–H groups in total. The average molecular weight is 396 g/mol. The van der Waals surface area contributed by atoms with E-state index >= 15 is 0 Å². The van der Waals surface area contributed by atoms with Crippen LogP contribution < -0.4 is 14.8 Å². The number of carbonyl (C=O) groups excluding carboxylic acids is 2. The van der Waals surface area contributed by atoms with Crippen LogP contribution in [0.5, 0.6) is 11.5 Å². The number of esters is 1. The molecule has 0 unspecified atom stereocenters. The fourth-order valence-electron chi connectivity index (χ4n) is 2.60. The number of rotatable bonds is 6. The summed E-state index contributed by atoms with van der Waals surface area (Å²) in [6.45, 7) is 0. The molecule has 0 aliphatic heterocycles. The van der Waals surface area contributed by atoms with Gasteiger partial charge < -0.3 is 14.8 Å². The second-order valence-corrected chi connectivity index (χ2v) is 6.33. The molecule has 0 fully saturated rings. The van der Waals surface area contributed by atoms with Crippen LogP contribution in [0.25, 0.3) is 0 Å². The molecule has 0 heterocycles. The van der Waals surface area contributed by atoms with Crippen LogP contribution in [0.4, 0.5) is 5.69 Å². The topological polar surface area (TPSA) is 64.6 Å². The number of hydrogen-bond acceptors (Lipinski definition) is 4. The molecule has 142 valence electrons. The van der Waals surface area contributed by atoms with Gasteiger partial charge in [0.15, 0.2) is 0 Å². The Labute approximate surface area is 167 Å². The number of methoxy groups -OCH3 is 1. The summed E-state index contributed by atoms with van der Waals surface area (Å²) in [5, 5.41) is 3.31. The normalized spacial score (nSPS) is 10.2.